The van der Waals surface area contributed by atoms with Gasteiger partial charge in [0.15, 0.2) is 0 Å². The molecule has 3 nitrogen and oxygen atoms in total. The van der Waals surface area contributed by atoms with Gasteiger partial charge in [0.1, 0.15) is 0 Å². The van der Waals surface area contributed by atoms with Crippen LogP contribution in [0.1, 0.15) is 54.4 Å². The van der Waals surface area contributed by atoms with Crippen molar-refractivity contribution < 1.29 is 14.0 Å². The fourth-order valence-electron chi connectivity index (χ4n) is 4.29. The number of benzene rings is 2. The molecule has 30 heavy (non-hydrogen) atoms. The number of carbonyl (C=O) groups is 1. The van der Waals surface area contributed by atoms with Gasteiger partial charge in [-0.05, 0) is 40.1 Å². The van der Waals surface area contributed by atoms with Gasteiger partial charge in [-0.25, -0.2) is 0 Å². The van der Waals surface area contributed by atoms with Gasteiger partial charge in [0.25, 0.3) is 8.32 Å². The Morgan fingerprint density at radius 1 is 0.867 bits per heavy atom. The van der Waals surface area contributed by atoms with Gasteiger partial charge in [0.2, 0.25) is 0 Å². The number of ether oxygens (including phenoxy) is 1. The molecule has 0 bridgehead atoms. The Kier molecular flexibility index (Phi) is 8.87. The molecule has 164 valence electrons. The number of carbonyl (C=O) groups excluding carboxylic acids is 1. The molecule has 0 unspecified atom stereocenters. The Hall–Kier alpha value is -1.91. The normalized spacial score (nSPS) is 13.3. The van der Waals surface area contributed by atoms with E-state index in [0.717, 1.165) is 12.8 Å². The lowest BCUT2D eigenvalue weighted by Gasteiger charge is -2.43. The van der Waals surface area contributed by atoms with Crippen molar-refractivity contribution >= 4 is 24.7 Å². The molecule has 0 aliphatic heterocycles. The van der Waals surface area contributed by atoms with E-state index < -0.39 is 8.32 Å². The van der Waals surface area contributed by atoms with Crippen LogP contribution in [0.5, 0.6) is 0 Å². The summed E-state index contributed by atoms with van der Waals surface area (Å²) in [7, 11) is -2.49. The van der Waals surface area contributed by atoms with Gasteiger partial charge in [0, 0.05) is 13.5 Å². The van der Waals surface area contributed by atoms with Gasteiger partial charge in [-0.3, -0.25) is 4.79 Å². The van der Waals surface area contributed by atoms with Crippen LogP contribution in [0.2, 0.25) is 5.04 Å². The van der Waals surface area contributed by atoms with Crippen molar-refractivity contribution in [2.45, 2.75) is 59.4 Å². The maximum Gasteiger partial charge on any atom is 0.302 e. The Bertz CT molecular complexity index is 726. The first kappa shape index (κ1) is 24.4. The third-order valence-electron chi connectivity index (χ3n) is 5.96. The molecule has 0 amide bonds. The molecule has 0 aliphatic carbocycles. The third kappa shape index (κ3) is 6.05. The van der Waals surface area contributed by atoms with E-state index in [0.29, 0.717) is 25.0 Å². The highest BCUT2D eigenvalue weighted by atomic mass is 28.4. The maximum atomic E-state index is 11.1. The molecule has 2 aromatic rings. The second-order valence-electron chi connectivity index (χ2n) is 9.43. The minimum atomic E-state index is -2.49. The first-order valence-electron chi connectivity index (χ1n) is 11.1. The smallest absolute Gasteiger partial charge is 0.302 e. The van der Waals surface area contributed by atoms with Crippen molar-refractivity contribution in [1.82, 2.24) is 0 Å². The van der Waals surface area contributed by atoms with Crippen LogP contribution in [0, 0.1) is 11.8 Å². The van der Waals surface area contributed by atoms with E-state index in [4.69, 9.17) is 9.16 Å². The average Bonchev–Trinajstić information content (AvgIpc) is 2.70. The Morgan fingerprint density at radius 2 is 1.33 bits per heavy atom. The molecule has 4 heteroatoms. The molecule has 0 aliphatic rings. The fourth-order valence-corrected chi connectivity index (χ4v) is 8.87. The Labute approximate surface area is 183 Å². The fraction of sp³-hybridized carbons (Fsp3) is 0.500. The average molecular weight is 427 g/mol. The lowest BCUT2D eigenvalue weighted by molar-refractivity contribution is -0.141. The van der Waals surface area contributed by atoms with Gasteiger partial charge in [-0.2, -0.15) is 0 Å². The van der Waals surface area contributed by atoms with Crippen LogP contribution in [-0.2, 0) is 14.0 Å². The summed E-state index contributed by atoms with van der Waals surface area (Å²) in [6.07, 6.45) is 1.84. The van der Waals surface area contributed by atoms with Crippen LogP contribution in [0.4, 0.5) is 0 Å². The molecule has 1 atom stereocenters. The molecule has 2 rings (SSSR count). The minimum absolute atomic E-state index is 0.0131. The quantitative estimate of drug-likeness (QED) is 0.388. The number of hydrogen-bond donors (Lipinski definition) is 0. The van der Waals surface area contributed by atoms with E-state index in [1.54, 1.807) is 0 Å². The lowest BCUT2D eigenvalue weighted by Crippen LogP contribution is -2.66. The first-order valence-corrected chi connectivity index (χ1v) is 13.0. The summed E-state index contributed by atoms with van der Waals surface area (Å²) >= 11 is 0. The highest BCUT2D eigenvalue weighted by Gasteiger charge is 2.50. The lowest BCUT2D eigenvalue weighted by atomic mass is 9.90. The Balaban J connectivity index is 2.29. The number of hydrogen-bond acceptors (Lipinski definition) is 3. The van der Waals surface area contributed by atoms with Crippen LogP contribution >= 0.6 is 0 Å². The zero-order valence-corrected chi connectivity index (χ0v) is 20.5. The van der Waals surface area contributed by atoms with Crippen molar-refractivity contribution in [2.24, 2.45) is 11.8 Å². The van der Waals surface area contributed by atoms with Gasteiger partial charge in [-0.15, -0.1) is 0 Å². The van der Waals surface area contributed by atoms with E-state index in [-0.39, 0.29) is 11.0 Å². The summed E-state index contributed by atoms with van der Waals surface area (Å²) < 4.78 is 12.2. The van der Waals surface area contributed by atoms with Gasteiger partial charge < -0.3 is 9.16 Å². The van der Waals surface area contributed by atoms with Gasteiger partial charge >= 0.3 is 5.97 Å². The molecule has 0 heterocycles. The highest BCUT2D eigenvalue weighted by molar-refractivity contribution is 6.99. The predicted molar refractivity (Wildman–Crippen MR) is 128 cm³/mol. The van der Waals surface area contributed by atoms with Crippen molar-refractivity contribution in [3.63, 3.8) is 0 Å². The standard InChI is InChI=1S/C26H38O3Si/c1-21(2)23(17-19-28-22(3)27)18-20-29-30(26(4,5)6,24-13-9-7-10-14-24)25-15-11-8-12-16-25/h7-16,21,23H,17-20H2,1-6H3/t23-/m1/s1. The second-order valence-corrected chi connectivity index (χ2v) is 13.7. The van der Waals surface area contributed by atoms with Crippen molar-refractivity contribution in [3.05, 3.63) is 60.7 Å². The monoisotopic (exact) mass is 426 g/mol. The van der Waals surface area contributed by atoms with E-state index in [2.05, 4.69) is 95.3 Å². The summed E-state index contributed by atoms with van der Waals surface area (Å²) in [4.78, 5) is 11.1. The SMILES string of the molecule is CC(=O)OCC[C@H](CCO[Si](c1ccccc1)(c1ccccc1)C(C)(C)C)C(C)C. The summed E-state index contributed by atoms with van der Waals surface area (Å²) in [5.41, 5.74) is 0. The molecule has 0 aromatic heterocycles. The van der Waals surface area contributed by atoms with E-state index in [1.165, 1.54) is 17.3 Å². The van der Waals surface area contributed by atoms with Crippen LogP contribution in [0.15, 0.2) is 60.7 Å². The molecule has 2 aromatic carbocycles. The van der Waals surface area contributed by atoms with Crippen molar-refractivity contribution in [2.75, 3.05) is 13.2 Å². The summed E-state index contributed by atoms with van der Waals surface area (Å²) in [6, 6.07) is 21.5. The van der Waals surface area contributed by atoms with Crippen LogP contribution in [0.25, 0.3) is 0 Å². The van der Waals surface area contributed by atoms with E-state index >= 15 is 0 Å². The first-order chi connectivity index (χ1) is 14.2. The number of rotatable bonds is 10. The summed E-state index contributed by atoms with van der Waals surface area (Å²) in [5.74, 6) is 0.770. The molecule has 0 N–H and O–H groups in total. The third-order valence-corrected chi connectivity index (χ3v) is 11.0. The minimum Gasteiger partial charge on any atom is -0.466 e. The van der Waals surface area contributed by atoms with Crippen molar-refractivity contribution in [1.29, 1.82) is 0 Å². The maximum absolute atomic E-state index is 11.1. The number of esters is 1. The summed E-state index contributed by atoms with van der Waals surface area (Å²) in [6.45, 7) is 14.0. The second kappa shape index (κ2) is 10.9. The van der Waals surface area contributed by atoms with Gasteiger partial charge in [0.05, 0.1) is 6.61 Å². The van der Waals surface area contributed by atoms with Crippen LogP contribution in [-0.4, -0.2) is 27.5 Å². The van der Waals surface area contributed by atoms with E-state index in [1.807, 2.05) is 0 Å². The molecule has 0 saturated carbocycles. The molecule has 0 fully saturated rings. The van der Waals surface area contributed by atoms with Gasteiger partial charge in [-0.1, -0.05) is 95.3 Å². The largest absolute Gasteiger partial charge is 0.466 e. The zero-order chi connectivity index (χ0) is 22.2. The van der Waals surface area contributed by atoms with Crippen LogP contribution in [0.3, 0.4) is 0 Å². The topological polar surface area (TPSA) is 35.5 Å². The zero-order valence-electron chi connectivity index (χ0n) is 19.5. The molecule has 0 spiro atoms. The highest BCUT2D eigenvalue weighted by Crippen LogP contribution is 2.37. The Morgan fingerprint density at radius 3 is 1.73 bits per heavy atom. The van der Waals surface area contributed by atoms with E-state index in [9.17, 15) is 4.79 Å². The van der Waals surface area contributed by atoms with Crippen molar-refractivity contribution in [3.8, 4) is 0 Å². The van der Waals surface area contributed by atoms with Crippen LogP contribution < -0.4 is 10.4 Å². The molecular formula is C26H38O3Si. The summed E-state index contributed by atoms with van der Waals surface area (Å²) in [5, 5.41) is 2.61. The molecular weight excluding hydrogens is 388 g/mol. The molecule has 0 radical (unpaired) electrons. The predicted octanol–water partition coefficient (Wildman–Crippen LogP) is 5.18. The molecule has 0 saturated heterocycles.